The van der Waals surface area contributed by atoms with Gasteiger partial charge in [-0.1, -0.05) is 50.9 Å². The lowest BCUT2D eigenvalue weighted by atomic mass is 9.84. The van der Waals surface area contributed by atoms with E-state index in [1.54, 1.807) is 10.3 Å². The number of likely N-dealkylation sites (tertiary alicyclic amines) is 1. The predicted octanol–water partition coefficient (Wildman–Crippen LogP) is 2.65. The average molecular weight is 523 g/mol. The summed E-state index contributed by atoms with van der Waals surface area (Å²) in [6.45, 7) is 8.12. The molecule has 1 saturated carbocycles. The Kier molecular flexibility index (Phi) is 10.2. The van der Waals surface area contributed by atoms with E-state index in [1.807, 2.05) is 11.9 Å². The maximum Gasteiger partial charge on any atom is 0.275 e. The van der Waals surface area contributed by atoms with Gasteiger partial charge in [0.1, 0.15) is 0 Å². The number of carbonyl (C=O) groups is 3. The predicted molar refractivity (Wildman–Crippen MR) is 137 cm³/mol. The lowest BCUT2D eigenvalue weighted by molar-refractivity contribution is -0.152. The molecule has 1 aromatic heterocycles. The van der Waals surface area contributed by atoms with Gasteiger partial charge in [-0.3, -0.25) is 19.6 Å². The SMILES string of the molecule is CN(C(=O)[C@@H](NC[C@H](CC1CCCC1)CN(O)C=O)C(C)(C)C)C1CCN(C(=O)c2csnn2)CC1. The Morgan fingerprint density at radius 3 is 2.47 bits per heavy atom. The Morgan fingerprint density at radius 1 is 1.25 bits per heavy atom. The van der Waals surface area contributed by atoms with Crippen molar-refractivity contribution in [1.82, 2.24) is 29.8 Å². The molecule has 11 heteroatoms. The molecule has 0 bridgehead atoms. The minimum atomic E-state index is -0.405. The summed E-state index contributed by atoms with van der Waals surface area (Å²) in [5.74, 6) is 0.607. The van der Waals surface area contributed by atoms with Crippen molar-refractivity contribution in [1.29, 1.82) is 0 Å². The molecule has 36 heavy (non-hydrogen) atoms. The van der Waals surface area contributed by atoms with E-state index in [1.165, 1.54) is 25.7 Å². The van der Waals surface area contributed by atoms with Crippen LogP contribution in [0, 0.1) is 17.3 Å². The van der Waals surface area contributed by atoms with Crippen LogP contribution in [0.3, 0.4) is 0 Å². The largest absolute Gasteiger partial charge is 0.341 e. The standard InChI is InChI=1S/C25H42N6O4S/c1-25(2,3)22(26-14-19(15-31(35)17-32)13-18-7-5-6-8-18)24(34)29(4)20-9-11-30(12-10-20)23(33)21-16-36-28-27-21/h16-20,22,26,35H,5-15H2,1-4H3/t19-,22+/m0/s1. The number of nitrogens with one attached hydrogen (secondary N) is 1. The number of hydrogen-bond donors (Lipinski definition) is 2. The summed E-state index contributed by atoms with van der Waals surface area (Å²) in [4.78, 5) is 40.9. The van der Waals surface area contributed by atoms with Gasteiger partial charge in [0, 0.05) is 38.1 Å². The van der Waals surface area contributed by atoms with Crippen LogP contribution in [0.2, 0.25) is 0 Å². The number of carbonyl (C=O) groups excluding carboxylic acids is 3. The maximum atomic E-state index is 13.7. The van der Waals surface area contributed by atoms with E-state index in [9.17, 15) is 19.6 Å². The first-order chi connectivity index (χ1) is 17.1. The second-order valence-corrected chi connectivity index (χ2v) is 12.1. The van der Waals surface area contributed by atoms with Crippen molar-refractivity contribution in [3.05, 3.63) is 11.1 Å². The van der Waals surface area contributed by atoms with Crippen LogP contribution in [-0.4, -0.2) is 93.2 Å². The van der Waals surface area contributed by atoms with Crippen LogP contribution < -0.4 is 5.32 Å². The van der Waals surface area contributed by atoms with Crippen LogP contribution in [0.4, 0.5) is 0 Å². The van der Waals surface area contributed by atoms with Gasteiger partial charge in [0.15, 0.2) is 5.69 Å². The molecule has 0 aromatic carbocycles. The zero-order valence-corrected chi connectivity index (χ0v) is 22.9. The summed E-state index contributed by atoms with van der Waals surface area (Å²) in [5, 5.41) is 19.6. The molecule has 1 aliphatic carbocycles. The summed E-state index contributed by atoms with van der Waals surface area (Å²) in [7, 11) is 1.85. The Labute approximate surface area is 218 Å². The van der Waals surface area contributed by atoms with E-state index in [4.69, 9.17) is 0 Å². The molecule has 2 aliphatic rings. The van der Waals surface area contributed by atoms with E-state index in [0.29, 0.717) is 50.5 Å². The first-order valence-electron chi connectivity index (χ1n) is 13.1. The molecule has 0 radical (unpaired) electrons. The average Bonchev–Trinajstić information content (AvgIpc) is 3.57. The molecule has 1 aromatic rings. The van der Waals surface area contributed by atoms with E-state index in [-0.39, 0.29) is 35.7 Å². The van der Waals surface area contributed by atoms with Crippen LogP contribution >= 0.6 is 11.5 Å². The quantitative estimate of drug-likeness (QED) is 0.260. The Bertz CT molecular complexity index is 847. The number of aromatic nitrogens is 2. The van der Waals surface area contributed by atoms with Crippen molar-refractivity contribution in [3.63, 3.8) is 0 Å². The molecule has 2 N–H and O–H groups in total. The molecular formula is C25H42N6O4S. The third-order valence-corrected chi connectivity index (χ3v) is 8.16. The van der Waals surface area contributed by atoms with Gasteiger partial charge in [0.05, 0.1) is 12.6 Å². The molecule has 1 saturated heterocycles. The molecule has 2 heterocycles. The molecule has 10 nitrogen and oxygen atoms in total. The fraction of sp³-hybridized carbons (Fsp3) is 0.800. The second kappa shape index (κ2) is 12.9. The topological polar surface area (TPSA) is 119 Å². The second-order valence-electron chi connectivity index (χ2n) is 11.4. The molecule has 3 rings (SSSR count). The van der Waals surface area contributed by atoms with Gasteiger partial charge in [-0.2, -0.15) is 0 Å². The van der Waals surface area contributed by atoms with Gasteiger partial charge in [-0.05, 0) is 48.0 Å². The lowest BCUT2D eigenvalue weighted by Crippen LogP contribution is -2.57. The first kappa shape index (κ1) is 28.5. The number of rotatable bonds is 11. The number of piperidine rings is 1. The van der Waals surface area contributed by atoms with E-state index < -0.39 is 6.04 Å². The normalized spacial score (nSPS) is 19.2. The van der Waals surface area contributed by atoms with E-state index >= 15 is 0 Å². The minimum Gasteiger partial charge on any atom is -0.341 e. The molecule has 3 amide bonds. The molecule has 2 fully saturated rings. The Balaban J connectivity index is 1.59. The lowest BCUT2D eigenvalue weighted by Gasteiger charge is -2.40. The third-order valence-electron chi connectivity index (χ3n) is 7.66. The van der Waals surface area contributed by atoms with E-state index in [0.717, 1.165) is 23.0 Å². The number of hydrogen-bond acceptors (Lipinski definition) is 8. The molecule has 2 atom stereocenters. The summed E-state index contributed by atoms with van der Waals surface area (Å²) < 4.78 is 3.78. The van der Waals surface area contributed by atoms with Gasteiger partial charge >= 0.3 is 0 Å². The zero-order valence-electron chi connectivity index (χ0n) is 22.1. The Hall–Kier alpha value is -2.11. The maximum absolute atomic E-state index is 13.7. The smallest absolute Gasteiger partial charge is 0.275 e. The molecule has 0 spiro atoms. The van der Waals surface area contributed by atoms with Gasteiger partial charge in [-0.25, -0.2) is 5.06 Å². The summed E-state index contributed by atoms with van der Waals surface area (Å²) in [5.41, 5.74) is 0.0595. The van der Waals surface area contributed by atoms with Crippen LogP contribution in [-0.2, 0) is 9.59 Å². The number of likely N-dealkylation sites (N-methyl/N-ethyl adjacent to an activating group) is 1. The molecule has 1 aliphatic heterocycles. The van der Waals surface area contributed by atoms with Crippen molar-refractivity contribution in [2.45, 2.75) is 77.8 Å². The van der Waals surface area contributed by atoms with Gasteiger partial charge in [0.25, 0.3) is 5.91 Å². The van der Waals surface area contributed by atoms with Crippen molar-refractivity contribution < 1.29 is 19.6 Å². The summed E-state index contributed by atoms with van der Waals surface area (Å²) >= 11 is 1.16. The highest BCUT2D eigenvalue weighted by Gasteiger charge is 2.37. The fourth-order valence-corrected chi connectivity index (χ4v) is 5.99. The first-order valence-corrected chi connectivity index (χ1v) is 13.9. The van der Waals surface area contributed by atoms with Gasteiger partial charge in [0.2, 0.25) is 12.3 Å². The van der Waals surface area contributed by atoms with E-state index in [2.05, 4.69) is 35.7 Å². The fourth-order valence-electron chi connectivity index (χ4n) is 5.56. The minimum absolute atomic E-state index is 0.0341. The highest BCUT2D eigenvalue weighted by molar-refractivity contribution is 7.03. The van der Waals surface area contributed by atoms with Crippen LogP contribution in [0.1, 0.15) is 76.2 Å². The van der Waals surface area contributed by atoms with Crippen molar-refractivity contribution in [3.8, 4) is 0 Å². The molecule has 202 valence electrons. The van der Waals surface area contributed by atoms with Gasteiger partial charge < -0.3 is 15.1 Å². The zero-order chi connectivity index (χ0) is 26.3. The Morgan fingerprint density at radius 2 is 1.92 bits per heavy atom. The van der Waals surface area contributed by atoms with Crippen molar-refractivity contribution in [2.75, 3.05) is 33.2 Å². The van der Waals surface area contributed by atoms with Crippen LogP contribution in [0.5, 0.6) is 0 Å². The highest BCUT2D eigenvalue weighted by atomic mass is 32.1. The van der Waals surface area contributed by atoms with Gasteiger partial charge in [-0.15, -0.1) is 5.10 Å². The van der Waals surface area contributed by atoms with Crippen molar-refractivity contribution >= 4 is 29.8 Å². The summed E-state index contributed by atoms with van der Waals surface area (Å²) in [6, 6.07) is -0.350. The number of amides is 3. The number of nitrogens with zero attached hydrogens (tertiary/aromatic N) is 5. The third kappa shape index (κ3) is 7.69. The molecule has 0 unspecified atom stereocenters. The van der Waals surface area contributed by atoms with Crippen LogP contribution in [0.15, 0.2) is 5.38 Å². The highest BCUT2D eigenvalue weighted by Crippen LogP contribution is 2.31. The van der Waals surface area contributed by atoms with Crippen LogP contribution in [0.25, 0.3) is 0 Å². The van der Waals surface area contributed by atoms with Crippen molar-refractivity contribution in [2.24, 2.45) is 17.3 Å². The monoisotopic (exact) mass is 522 g/mol. The number of hydroxylamine groups is 2. The molecular weight excluding hydrogens is 480 g/mol. The summed E-state index contributed by atoms with van der Waals surface area (Å²) in [6.07, 6.45) is 7.66.